The molecule has 0 unspecified atom stereocenters. The lowest BCUT2D eigenvalue weighted by molar-refractivity contribution is 0.371. The van der Waals surface area contributed by atoms with Gasteiger partial charge in [0.2, 0.25) is 5.82 Å². The molecule has 0 saturated carbocycles. The molecule has 0 aliphatic carbocycles. The highest BCUT2D eigenvalue weighted by Crippen LogP contribution is 2.22. The molecule has 4 heteroatoms. The summed E-state index contributed by atoms with van der Waals surface area (Å²) in [5, 5.41) is 0. The largest absolute Gasteiger partial charge is 0.494 e. The summed E-state index contributed by atoms with van der Waals surface area (Å²) in [6.45, 7) is 0. The Balaban J connectivity index is 3.19. The van der Waals surface area contributed by atoms with E-state index in [1.54, 1.807) is 0 Å². The molecule has 0 atom stereocenters. The number of hydrogen-bond donors (Lipinski definition) is 0. The molecule has 1 aromatic rings. The van der Waals surface area contributed by atoms with E-state index < -0.39 is 11.6 Å². The van der Waals surface area contributed by atoms with Crippen LogP contribution in [-0.2, 0) is 5.88 Å². The number of ether oxygens (including phenoxy) is 1. The Morgan fingerprint density at radius 3 is 2.58 bits per heavy atom. The number of benzene rings is 1. The van der Waals surface area contributed by atoms with Crippen molar-refractivity contribution in [1.29, 1.82) is 0 Å². The summed E-state index contributed by atoms with van der Waals surface area (Å²) in [5.41, 5.74) is 0.493. The minimum absolute atomic E-state index is 0.120. The molecule has 0 heterocycles. The van der Waals surface area contributed by atoms with Crippen LogP contribution in [0.1, 0.15) is 5.56 Å². The fraction of sp³-hybridized carbons (Fsp3) is 0.250. The molecule has 0 radical (unpaired) electrons. The van der Waals surface area contributed by atoms with E-state index in [4.69, 9.17) is 11.6 Å². The molecular weight excluding hydrogens is 186 g/mol. The van der Waals surface area contributed by atoms with E-state index in [9.17, 15) is 8.78 Å². The van der Waals surface area contributed by atoms with Gasteiger partial charge in [0.15, 0.2) is 11.6 Å². The molecule has 0 bridgehead atoms. The monoisotopic (exact) mass is 192 g/mol. The van der Waals surface area contributed by atoms with E-state index in [1.165, 1.54) is 13.2 Å². The maximum Gasteiger partial charge on any atom is 0.200 e. The molecule has 0 spiro atoms. The van der Waals surface area contributed by atoms with Crippen molar-refractivity contribution in [1.82, 2.24) is 0 Å². The second kappa shape index (κ2) is 3.72. The number of alkyl halides is 1. The minimum Gasteiger partial charge on any atom is -0.494 e. The summed E-state index contributed by atoms with van der Waals surface area (Å²) >= 11 is 5.44. The van der Waals surface area contributed by atoms with Gasteiger partial charge in [-0.25, -0.2) is 4.39 Å². The Morgan fingerprint density at radius 2 is 2.08 bits per heavy atom. The molecule has 1 aromatic carbocycles. The fourth-order valence-corrected chi connectivity index (χ4v) is 0.997. The first-order valence-electron chi connectivity index (χ1n) is 3.27. The van der Waals surface area contributed by atoms with Crippen molar-refractivity contribution >= 4 is 11.6 Å². The third-order valence-corrected chi connectivity index (χ3v) is 1.74. The molecular formula is C8H7ClF2O. The van der Waals surface area contributed by atoms with Crippen LogP contribution in [0.3, 0.4) is 0 Å². The molecule has 0 N–H and O–H groups in total. The Morgan fingerprint density at radius 1 is 1.42 bits per heavy atom. The maximum atomic E-state index is 12.8. The predicted octanol–water partition coefficient (Wildman–Crippen LogP) is 2.71. The van der Waals surface area contributed by atoms with Gasteiger partial charge in [-0.1, -0.05) is 0 Å². The highest BCUT2D eigenvalue weighted by Gasteiger charge is 2.10. The van der Waals surface area contributed by atoms with Gasteiger partial charge in [-0.05, 0) is 17.7 Å². The zero-order valence-electron chi connectivity index (χ0n) is 6.40. The predicted molar refractivity (Wildman–Crippen MR) is 42.5 cm³/mol. The smallest absolute Gasteiger partial charge is 0.200 e. The third-order valence-electron chi connectivity index (χ3n) is 1.43. The van der Waals surface area contributed by atoms with Crippen molar-refractivity contribution < 1.29 is 13.5 Å². The van der Waals surface area contributed by atoms with Crippen LogP contribution in [0.15, 0.2) is 12.1 Å². The van der Waals surface area contributed by atoms with Crippen LogP contribution in [0, 0.1) is 11.6 Å². The quantitative estimate of drug-likeness (QED) is 0.655. The first kappa shape index (κ1) is 9.26. The topological polar surface area (TPSA) is 9.23 Å². The van der Waals surface area contributed by atoms with Crippen LogP contribution >= 0.6 is 11.6 Å². The van der Waals surface area contributed by atoms with Crippen LogP contribution in [0.5, 0.6) is 5.75 Å². The Hall–Kier alpha value is -0.830. The SMILES string of the molecule is COc1cc(CCl)cc(F)c1F. The first-order valence-corrected chi connectivity index (χ1v) is 3.80. The summed E-state index contributed by atoms with van der Waals surface area (Å²) < 4.78 is 30.1. The van der Waals surface area contributed by atoms with Crippen molar-refractivity contribution in [3.05, 3.63) is 29.3 Å². The van der Waals surface area contributed by atoms with E-state index in [0.717, 1.165) is 6.07 Å². The van der Waals surface area contributed by atoms with E-state index >= 15 is 0 Å². The Bertz CT molecular complexity index is 289. The van der Waals surface area contributed by atoms with Crippen molar-refractivity contribution in [2.45, 2.75) is 5.88 Å². The molecule has 0 aromatic heterocycles. The zero-order chi connectivity index (χ0) is 9.14. The van der Waals surface area contributed by atoms with E-state index in [-0.39, 0.29) is 11.6 Å². The van der Waals surface area contributed by atoms with Crippen molar-refractivity contribution in [3.8, 4) is 5.75 Å². The van der Waals surface area contributed by atoms with Gasteiger partial charge in [0.25, 0.3) is 0 Å². The van der Waals surface area contributed by atoms with Crippen molar-refractivity contribution in [2.24, 2.45) is 0 Å². The number of rotatable bonds is 2. The van der Waals surface area contributed by atoms with Gasteiger partial charge in [0.1, 0.15) is 0 Å². The highest BCUT2D eigenvalue weighted by atomic mass is 35.5. The summed E-state index contributed by atoms with van der Waals surface area (Å²) in [5.74, 6) is -1.91. The molecule has 0 aliphatic heterocycles. The summed E-state index contributed by atoms with van der Waals surface area (Å²) in [6.07, 6.45) is 0. The first-order chi connectivity index (χ1) is 5.69. The molecule has 0 saturated heterocycles. The lowest BCUT2D eigenvalue weighted by Crippen LogP contribution is -1.94. The number of methoxy groups -OCH3 is 1. The molecule has 0 aliphatic rings. The summed E-state index contributed by atoms with van der Waals surface area (Å²) in [7, 11) is 1.27. The van der Waals surface area contributed by atoms with Gasteiger partial charge in [0.05, 0.1) is 7.11 Å². The van der Waals surface area contributed by atoms with E-state index in [0.29, 0.717) is 5.56 Å². The number of hydrogen-bond acceptors (Lipinski definition) is 1. The van der Waals surface area contributed by atoms with Gasteiger partial charge in [0, 0.05) is 5.88 Å². The fourth-order valence-electron chi connectivity index (χ4n) is 0.843. The average molecular weight is 193 g/mol. The van der Waals surface area contributed by atoms with E-state index in [2.05, 4.69) is 4.74 Å². The molecule has 0 amide bonds. The zero-order valence-corrected chi connectivity index (χ0v) is 7.16. The van der Waals surface area contributed by atoms with Gasteiger partial charge in [-0.3, -0.25) is 0 Å². The highest BCUT2D eigenvalue weighted by molar-refractivity contribution is 6.17. The van der Waals surface area contributed by atoms with Crippen molar-refractivity contribution in [2.75, 3.05) is 7.11 Å². The van der Waals surface area contributed by atoms with Crippen molar-refractivity contribution in [3.63, 3.8) is 0 Å². The molecule has 66 valence electrons. The summed E-state index contributed by atoms with van der Waals surface area (Å²) in [4.78, 5) is 0. The lowest BCUT2D eigenvalue weighted by atomic mass is 10.2. The third kappa shape index (κ3) is 1.67. The van der Waals surface area contributed by atoms with Gasteiger partial charge >= 0.3 is 0 Å². The van der Waals surface area contributed by atoms with Gasteiger partial charge in [-0.15, -0.1) is 11.6 Å². The Kier molecular flexibility index (Phi) is 2.87. The molecule has 12 heavy (non-hydrogen) atoms. The standard InChI is InChI=1S/C8H7ClF2O/c1-12-7-3-5(4-9)2-6(10)8(7)11/h2-3H,4H2,1H3. The molecule has 1 rings (SSSR count). The van der Waals surface area contributed by atoms with Gasteiger partial charge < -0.3 is 4.74 Å². The second-order valence-electron chi connectivity index (χ2n) is 2.23. The van der Waals surface area contributed by atoms with Crippen LogP contribution in [0.25, 0.3) is 0 Å². The van der Waals surface area contributed by atoms with E-state index in [1.807, 2.05) is 0 Å². The lowest BCUT2D eigenvalue weighted by Gasteiger charge is -2.04. The minimum atomic E-state index is -0.980. The normalized spacial score (nSPS) is 10.0. The average Bonchev–Trinajstić information content (AvgIpc) is 2.09. The Labute approximate surface area is 73.9 Å². The van der Waals surface area contributed by atoms with Crippen LogP contribution in [-0.4, -0.2) is 7.11 Å². The number of halogens is 3. The maximum absolute atomic E-state index is 12.8. The summed E-state index contributed by atoms with van der Waals surface area (Å²) in [6, 6.07) is 2.41. The van der Waals surface area contributed by atoms with Gasteiger partial charge in [-0.2, -0.15) is 4.39 Å². The van der Waals surface area contributed by atoms with Crippen LogP contribution < -0.4 is 4.74 Å². The van der Waals surface area contributed by atoms with Crippen LogP contribution in [0.2, 0.25) is 0 Å². The second-order valence-corrected chi connectivity index (χ2v) is 2.49. The molecule has 0 fully saturated rings. The van der Waals surface area contributed by atoms with Crippen LogP contribution in [0.4, 0.5) is 8.78 Å². The molecule has 1 nitrogen and oxygen atoms in total.